The van der Waals surface area contributed by atoms with Gasteiger partial charge in [-0.05, 0) is 25.7 Å². The maximum Gasteiger partial charge on any atom is 0.105 e. The first-order valence-electron chi connectivity index (χ1n) is 5.82. The molecule has 0 aliphatic rings. The number of aliphatic hydroxyl groups is 1. The molecule has 92 valence electrons. The van der Waals surface area contributed by atoms with Crippen LogP contribution in [-0.4, -0.2) is 14.9 Å². The molecule has 1 heterocycles. The first kappa shape index (κ1) is 13.5. The lowest BCUT2D eigenvalue weighted by Gasteiger charge is -2.26. The Labute approximate surface area is 102 Å². The standard InChI is InChI=1S/C12H21ClN2O/c1-5-6-15-11(10(13)8-14-15)12(4,16)7-9(2)3/h8-9,16H,5-7H2,1-4H3. The van der Waals surface area contributed by atoms with Gasteiger partial charge in [-0.2, -0.15) is 5.10 Å². The molecule has 4 heteroatoms. The predicted octanol–water partition coefficient (Wildman–Crippen LogP) is 3.20. The fraction of sp³-hybridized carbons (Fsp3) is 0.750. The summed E-state index contributed by atoms with van der Waals surface area (Å²) in [5.41, 5.74) is -0.165. The van der Waals surface area contributed by atoms with E-state index in [0.717, 1.165) is 18.7 Å². The van der Waals surface area contributed by atoms with Crippen LogP contribution in [0.25, 0.3) is 0 Å². The van der Waals surface area contributed by atoms with Crippen LogP contribution in [0.15, 0.2) is 6.20 Å². The molecule has 1 unspecified atom stereocenters. The third kappa shape index (κ3) is 2.98. The molecule has 0 fully saturated rings. The lowest BCUT2D eigenvalue weighted by molar-refractivity contribution is 0.0259. The fourth-order valence-electron chi connectivity index (χ4n) is 2.17. The third-order valence-corrected chi connectivity index (χ3v) is 2.82. The Bertz CT molecular complexity index is 345. The van der Waals surface area contributed by atoms with E-state index in [1.807, 2.05) is 11.6 Å². The maximum atomic E-state index is 10.5. The Morgan fingerprint density at radius 1 is 1.56 bits per heavy atom. The van der Waals surface area contributed by atoms with Gasteiger partial charge in [0.15, 0.2) is 0 Å². The molecule has 1 N–H and O–H groups in total. The van der Waals surface area contributed by atoms with Crippen LogP contribution in [0.5, 0.6) is 0 Å². The number of hydrogen-bond acceptors (Lipinski definition) is 2. The quantitative estimate of drug-likeness (QED) is 0.864. The Morgan fingerprint density at radius 2 is 2.19 bits per heavy atom. The summed E-state index contributed by atoms with van der Waals surface area (Å²) in [6.45, 7) is 8.85. The molecule has 1 atom stereocenters. The molecular weight excluding hydrogens is 224 g/mol. The summed E-state index contributed by atoms with van der Waals surface area (Å²) in [5, 5.41) is 15.2. The summed E-state index contributed by atoms with van der Waals surface area (Å²) in [6, 6.07) is 0. The minimum Gasteiger partial charge on any atom is -0.384 e. The number of hydrogen-bond donors (Lipinski definition) is 1. The summed E-state index contributed by atoms with van der Waals surface area (Å²) >= 11 is 6.11. The van der Waals surface area contributed by atoms with Gasteiger partial charge >= 0.3 is 0 Å². The molecule has 0 aliphatic carbocycles. The first-order chi connectivity index (χ1) is 7.38. The van der Waals surface area contributed by atoms with Gasteiger partial charge in [-0.1, -0.05) is 32.4 Å². The lowest BCUT2D eigenvalue weighted by Crippen LogP contribution is -2.27. The predicted molar refractivity (Wildman–Crippen MR) is 66.6 cm³/mol. The Balaban J connectivity index is 3.04. The van der Waals surface area contributed by atoms with E-state index < -0.39 is 5.60 Å². The van der Waals surface area contributed by atoms with Gasteiger partial charge in [0.05, 0.1) is 16.9 Å². The van der Waals surface area contributed by atoms with Crippen LogP contribution in [0.4, 0.5) is 0 Å². The molecule has 0 saturated carbocycles. The second-order valence-corrected chi connectivity index (χ2v) is 5.34. The molecule has 1 aromatic rings. The smallest absolute Gasteiger partial charge is 0.105 e. The highest BCUT2D eigenvalue weighted by Gasteiger charge is 2.30. The van der Waals surface area contributed by atoms with Crippen molar-refractivity contribution < 1.29 is 5.11 Å². The molecule has 0 saturated heterocycles. The fourth-order valence-corrected chi connectivity index (χ4v) is 2.52. The minimum atomic E-state index is -0.906. The molecule has 0 spiro atoms. The number of rotatable bonds is 5. The second kappa shape index (κ2) is 5.19. The van der Waals surface area contributed by atoms with Crippen LogP contribution in [0.1, 0.15) is 46.2 Å². The molecular formula is C12H21ClN2O. The van der Waals surface area contributed by atoms with Crippen molar-refractivity contribution in [1.82, 2.24) is 9.78 Å². The van der Waals surface area contributed by atoms with E-state index in [1.165, 1.54) is 0 Å². The van der Waals surface area contributed by atoms with E-state index in [4.69, 9.17) is 11.6 Å². The van der Waals surface area contributed by atoms with Gasteiger partial charge < -0.3 is 5.11 Å². The Morgan fingerprint density at radius 3 is 2.69 bits per heavy atom. The summed E-state index contributed by atoms with van der Waals surface area (Å²) in [5.74, 6) is 0.413. The number of halogens is 1. The maximum absolute atomic E-state index is 10.5. The first-order valence-corrected chi connectivity index (χ1v) is 6.20. The van der Waals surface area contributed by atoms with Crippen molar-refractivity contribution in [3.05, 3.63) is 16.9 Å². The van der Waals surface area contributed by atoms with Crippen LogP contribution in [0.3, 0.4) is 0 Å². The molecule has 1 aromatic heterocycles. The third-order valence-electron chi connectivity index (χ3n) is 2.55. The van der Waals surface area contributed by atoms with Crippen molar-refractivity contribution in [3.63, 3.8) is 0 Å². The van der Waals surface area contributed by atoms with Gasteiger partial charge in [0, 0.05) is 6.54 Å². The Hall–Kier alpha value is -0.540. The SMILES string of the molecule is CCCn1ncc(Cl)c1C(C)(O)CC(C)C. The van der Waals surface area contributed by atoms with Crippen LogP contribution in [0.2, 0.25) is 5.02 Å². The molecule has 0 aliphatic heterocycles. The summed E-state index contributed by atoms with van der Waals surface area (Å²) in [6.07, 6.45) is 3.27. The molecule has 16 heavy (non-hydrogen) atoms. The second-order valence-electron chi connectivity index (χ2n) is 4.94. The average Bonchev–Trinajstić information content (AvgIpc) is 2.46. The van der Waals surface area contributed by atoms with E-state index in [0.29, 0.717) is 17.4 Å². The van der Waals surface area contributed by atoms with E-state index in [-0.39, 0.29) is 0 Å². The number of aryl methyl sites for hydroxylation is 1. The zero-order valence-electron chi connectivity index (χ0n) is 10.5. The van der Waals surface area contributed by atoms with Crippen LogP contribution >= 0.6 is 11.6 Å². The average molecular weight is 245 g/mol. The van der Waals surface area contributed by atoms with Crippen molar-refractivity contribution in [2.75, 3.05) is 0 Å². The molecule has 0 bridgehead atoms. The zero-order valence-corrected chi connectivity index (χ0v) is 11.3. The molecule has 0 amide bonds. The molecule has 1 rings (SSSR count). The molecule has 3 nitrogen and oxygen atoms in total. The van der Waals surface area contributed by atoms with Crippen LogP contribution in [0, 0.1) is 5.92 Å². The van der Waals surface area contributed by atoms with E-state index >= 15 is 0 Å². The van der Waals surface area contributed by atoms with E-state index in [2.05, 4.69) is 25.9 Å². The number of aromatic nitrogens is 2. The van der Waals surface area contributed by atoms with E-state index in [9.17, 15) is 5.11 Å². The highest BCUT2D eigenvalue weighted by Crippen LogP contribution is 2.33. The highest BCUT2D eigenvalue weighted by atomic mass is 35.5. The van der Waals surface area contributed by atoms with Gasteiger partial charge in [0.25, 0.3) is 0 Å². The van der Waals surface area contributed by atoms with Crippen molar-refractivity contribution in [2.24, 2.45) is 5.92 Å². The van der Waals surface area contributed by atoms with Crippen molar-refractivity contribution >= 4 is 11.6 Å². The molecule has 0 aromatic carbocycles. The van der Waals surface area contributed by atoms with E-state index in [1.54, 1.807) is 6.20 Å². The van der Waals surface area contributed by atoms with Crippen molar-refractivity contribution in [1.29, 1.82) is 0 Å². The van der Waals surface area contributed by atoms with Gasteiger partial charge in [-0.25, -0.2) is 0 Å². The zero-order chi connectivity index (χ0) is 12.3. The summed E-state index contributed by atoms with van der Waals surface area (Å²) in [7, 11) is 0. The van der Waals surface area contributed by atoms with Gasteiger partial charge in [0.2, 0.25) is 0 Å². The van der Waals surface area contributed by atoms with Crippen LogP contribution in [-0.2, 0) is 12.1 Å². The van der Waals surface area contributed by atoms with Gasteiger partial charge in [-0.15, -0.1) is 0 Å². The van der Waals surface area contributed by atoms with Gasteiger partial charge in [-0.3, -0.25) is 4.68 Å². The number of nitrogens with zero attached hydrogens (tertiary/aromatic N) is 2. The lowest BCUT2D eigenvalue weighted by atomic mass is 9.91. The highest BCUT2D eigenvalue weighted by molar-refractivity contribution is 6.31. The summed E-state index contributed by atoms with van der Waals surface area (Å²) in [4.78, 5) is 0. The minimum absolute atomic E-state index is 0.413. The molecule has 0 radical (unpaired) electrons. The van der Waals surface area contributed by atoms with Gasteiger partial charge in [0.1, 0.15) is 5.60 Å². The largest absolute Gasteiger partial charge is 0.384 e. The Kier molecular flexibility index (Phi) is 4.39. The monoisotopic (exact) mass is 244 g/mol. The van der Waals surface area contributed by atoms with Crippen molar-refractivity contribution in [3.8, 4) is 0 Å². The topological polar surface area (TPSA) is 38.0 Å². The summed E-state index contributed by atoms with van der Waals surface area (Å²) < 4.78 is 1.81. The van der Waals surface area contributed by atoms with Crippen LogP contribution < -0.4 is 0 Å². The normalized spacial score (nSPS) is 15.4. The van der Waals surface area contributed by atoms with Crippen molar-refractivity contribution in [2.45, 2.75) is 52.7 Å².